The minimum atomic E-state index is 0.559. The van der Waals surface area contributed by atoms with E-state index in [1.807, 2.05) is 0 Å². The lowest BCUT2D eigenvalue weighted by molar-refractivity contribution is 0.189. The molecule has 1 aliphatic heterocycles. The number of nitrogens with zero attached hydrogens (tertiary/aromatic N) is 1. The highest BCUT2D eigenvalue weighted by molar-refractivity contribution is 4.80. The van der Waals surface area contributed by atoms with Gasteiger partial charge in [-0.1, -0.05) is 13.8 Å². The van der Waals surface area contributed by atoms with Gasteiger partial charge in [-0.15, -0.1) is 0 Å². The second-order valence-electron chi connectivity index (χ2n) is 6.33. The summed E-state index contributed by atoms with van der Waals surface area (Å²) in [5, 5.41) is 3.34. The fourth-order valence-corrected chi connectivity index (χ4v) is 2.66. The van der Waals surface area contributed by atoms with Gasteiger partial charge in [0.1, 0.15) is 0 Å². The predicted molar refractivity (Wildman–Crippen MR) is 71.8 cm³/mol. The molecule has 1 rings (SSSR count). The first kappa shape index (κ1) is 14.0. The van der Waals surface area contributed by atoms with Gasteiger partial charge in [-0.05, 0) is 65.1 Å². The average Bonchev–Trinajstić information content (AvgIpc) is 2.39. The Balaban J connectivity index is 2.42. The molecule has 0 saturated carbocycles. The van der Waals surface area contributed by atoms with Crippen LogP contribution < -0.4 is 5.32 Å². The average molecular weight is 226 g/mol. The van der Waals surface area contributed by atoms with E-state index in [2.05, 4.69) is 45.0 Å². The Morgan fingerprint density at radius 2 is 1.88 bits per heavy atom. The van der Waals surface area contributed by atoms with E-state index in [0.717, 1.165) is 6.04 Å². The highest BCUT2D eigenvalue weighted by atomic mass is 15.2. The fraction of sp³-hybridized carbons (Fsp3) is 1.00. The molecular formula is C14H30N2. The Morgan fingerprint density at radius 1 is 1.19 bits per heavy atom. The molecule has 1 heterocycles. The van der Waals surface area contributed by atoms with E-state index in [1.54, 1.807) is 0 Å². The molecule has 16 heavy (non-hydrogen) atoms. The van der Waals surface area contributed by atoms with Gasteiger partial charge in [-0.25, -0.2) is 0 Å². The summed E-state index contributed by atoms with van der Waals surface area (Å²) in [6, 6.07) is 1.35. The highest BCUT2D eigenvalue weighted by Gasteiger charge is 2.25. The molecule has 0 radical (unpaired) electrons. The molecule has 1 saturated heterocycles. The molecule has 0 aromatic rings. The first-order valence-electron chi connectivity index (χ1n) is 6.86. The van der Waals surface area contributed by atoms with Crippen molar-refractivity contribution in [2.75, 3.05) is 20.1 Å². The molecule has 0 bridgehead atoms. The molecule has 1 N–H and O–H groups in total. The van der Waals surface area contributed by atoms with Gasteiger partial charge >= 0.3 is 0 Å². The molecule has 0 amide bonds. The molecular weight excluding hydrogens is 196 g/mol. The third kappa shape index (κ3) is 4.42. The van der Waals surface area contributed by atoms with Crippen molar-refractivity contribution in [2.45, 2.75) is 65.5 Å². The van der Waals surface area contributed by atoms with Gasteiger partial charge < -0.3 is 10.2 Å². The van der Waals surface area contributed by atoms with E-state index in [1.165, 1.54) is 38.8 Å². The summed E-state index contributed by atoms with van der Waals surface area (Å²) in [4.78, 5) is 2.68. The highest BCUT2D eigenvalue weighted by Crippen LogP contribution is 2.30. The number of likely N-dealkylation sites (tertiary alicyclic amines) is 1. The van der Waals surface area contributed by atoms with Gasteiger partial charge in [0.25, 0.3) is 0 Å². The SMILES string of the molecule is CNC(C)CC(C)N1CCCC(C)(C)CC1. The zero-order valence-corrected chi connectivity index (χ0v) is 11.8. The standard InChI is InChI=1S/C14H30N2/c1-12(15-5)11-13(2)16-9-6-7-14(3,4)8-10-16/h12-13,15H,6-11H2,1-5H3. The van der Waals surface area contributed by atoms with E-state index < -0.39 is 0 Å². The second-order valence-corrected chi connectivity index (χ2v) is 6.33. The van der Waals surface area contributed by atoms with Crippen LogP contribution in [0.3, 0.4) is 0 Å². The first-order chi connectivity index (χ1) is 7.44. The van der Waals surface area contributed by atoms with Gasteiger partial charge in [0.2, 0.25) is 0 Å². The Kier molecular flexibility index (Phi) is 5.26. The Bertz CT molecular complexity index is 201. The minimum Gasteiger partial charge on any atom is -0.317 e. The van der Waals surface area contributed by atoms with Crippen LogP contribution in [0.25, 0.3) is 0 Å². The summed E-state index contributed by atoms with van der Waals surface area (Å²) in [6.45, 7) is 12.1. The minimum absolute atomic E-state index is 0.559. The first-order valence-corrected chi connectivity index (χ1v) is 6.86. The maximum Gasteiger partial charge on any atom is 0.00816 e. The van der Waals surface area contributed by atoms with E-state index in [-0.39, 0.29) is 0 Å². The summed E-state index contributed by atoms with van der Waals surface area (Å²) < 4.78 is 0. The van der Waals surface area contributed by atoms with Crippen molar-refractivity contribution >= 4 is 0 Å². The predicted octanol–water partition coefficient (Wildman–Crippen LogP) is 2.89. The van der Waals surface area contributed by atoms with Crippen LogP contribution in [0.4, 0.5) is 0 Å². The Hall–Kier alpha value is -0.0800. The van der Waals surface area contributed by atoms with Crippen molar-refractivity contribution in [3.8, 4) is 0 Å². The van der Waals surface area contributed by atoms with Crippen LogP contribution in [-0.4, -0.2) is 37.1 Å². The van der Waals surface area contributed by atoms with Gasteiger partial charge in [0.05, 0.1) is 0 Å². The summed E-state index contributed by atoms with van der Waals surface area (Å²) in [7, 11) is 2.06. The molecule has 0 aromatic heterocycles. The molecule has 2 heteroatoms. The summed E-state index contributed by atoms with van der Waals surface area (Å²) in [6.07, 6.45) is 5.37. The Morgan fingerprint density at radius 3 is 2.50 bits per heavy atom. The maximum absolute atomic E-state index is 3.34. The van der Waals surface area contributed by atoms with E-state index in [4.69, 9.17) is 0 Å². The lowest BCUT2D eigenvalue weighted by atomic mass is 9.85. The lowest BCUT2D eigenvalue weighted by Crippen LogP contribution is -2.38. The van der Waals surface area contributed by atoms with Crippen molar-refractivity contribution < 1.29 is 0 Å². The van der Waals surface area contributed by atoms with Gasteiger partial charge in [0.15, 0.2) is 0 Å². The zero-order chi connectivity index (χ0) is 12.2. The molecule has 0 aromatic carbocycles. The van der Waals surface area contributed by atoms with Crippen LogP contribution in [0.1, 0.15) is 53.4 Å². The van der Waals surface area contributed by atoms with Crippen LogP contribution >= 0.6 is 0 Å². The third-order valence-corrected chi connectivity index (χ3v) is 4.19. The van der Waals surface area contributed by atoms with E-state index in [9.17, 15) is 0 Å². The lowest BCUT2D eigenvalue weighted by Gasteiger charge is -2.30. The summed E-state index contributed by atoms with van der Waals surface area (Å²) in [5.41, 5.74) is 0.559. The van der Waals surface area contributed by atoms with E-state index in [0.29, 0.717) is 11.5 Å². The fourth-order valence-electron chi connectivity index (χ4n) is 2.66. The van der Waals surface area contributed by atoms with Crippen LogP contribution in [0, 0.1) is 5.41 Å². The maximum atomic E-state index is 3.34. The van der Waals surface area contributed by atoms with Gasteiger partial charge in [-0.3, -0.25) is 0 Å². The normalized spacial score (nSPS) is 26.1. The van der Waals surface area contributed by atoms with Gasteiger partial charge in [-0.2, -0.15) is 0 Å². The third-order valence-electron chi connectivity index (χ3n) is 4.19. The molecule has 0 spiro atoms. The molecule has 2 nitrogen and oxygen atoms in total. The quantitative estimate of drug-likeness (QED) is 0.793. The van der Waals surface area contributed by atoms with Crippen molar-refractivity contribution in [1.82, 2.24) is 10.2 Å². The van der Waals surface area contributed by atoms with Crippen LogP contribution in [-0.2, 0) is 0 Å². The largest absolute Gasteiger partial charge is 0.317 e. The van der Waals surface area contributed by atoms with Crippen molar-refractivity contribution in [1.29, 1.82) is 0 Å². The molecule has 1 fully saturated rings. The smallest absolute Gasteiger partial charge is 0.00816 e. The molecule has 2 unspecified atom stereocenters. The number of rotatable bonds is 4. The van der Waals surface area contributed by atoms with Gasteiger partial charge in [0, 0.05) is 12.1 Å². The number of hydrogen-bond donors (Lipinski definition) is 1. The Labute approximate surface area is 102 Å². The topological polar surface area (TPSA) is 15.3 Å². The van der Waals surface area contributed by atoms with Crippen LogP contribution in [0.2, 0.25) is 0 Å². The number of nitrogens with one attached hydrogen (secondary N) is 1. The monoisotopic (exact) mass is 226 g/mol. The summed E-state index contributed by atoms with van der Waals surface area (Å²) >= 11 is 0. The van der Waals surface area contributed by atoms with Crippen molar-refractivity contribution in [3.05, 3.63) is 0 Å². The summed E-state index contributed by atoms with van der Waals surface area (Å²) in [5.74, 6) is 0. The second kappa shape index (κ2) is 6.02. The van der Waals surface area contributed by atoms with Crippen LogP contribution in [0.5, 0.6) is 0 Å². The number of hydrogen-bond acceptors (Lipinski definition) is 2. The van der Waals surface area contributed by atoms with E-state index >= 15 is 0 Å². The zero-order valence-electron chi connectivity index (χ0n) is 11.8. The molecule has 0 aliphatic carbocycles. The molecule has 96 valence electrons. The molecule has 2 atom stereocenters. The molecule has 1 aliphatic rings. The van der Waals surface area contributed by atoms with Crippen LogP contribution in [0.15, 0.2) is 0 Å². The van der Waals surface area contributed by atoms with Crippen molar-refractivity contribution in [3.63, 3.8) is 0 Å². The van der Waals surface area contributed by atoms with Crippen molar-refractivity contribution in [2.24, 2.45) is 5.41 Å².